The van der Waals surface area contributed by atoms with Crippen LogP contribution in [0.3, 0.4) is 0 Å². The van der Waals surface area contributed by atoms with Crippen molar-refractivity contribution >= 4 is 18.0 Å². The molecule has 0 spiro atoms. The second kappa shape index (κ2) is 12.5. The van der Waals surface area contributed by atoms with E-state index in [1.54, 1.807) is 0 Å². The van der Waals surface area contributed by atoms with Gasteiger partial charge in [0, 0.05) is 6.42 Å². The molecule has 2 amide bonds. The van der Waals surface area contributed by atoms with Crippen LogP contribution in [0.25, 0.3) is 0 Å². The van der Waals surface area contributed by atoms with Crippen LogP contribution < -0.4 is 10.6 Å². The molecule has 0 saturated heterocycles. The first-order valence-electron chi connectivity index (χ1n) is 10.7. The maximum atomic E-state index is 13.0. The lowest BCUT2D eigenvalue weighted by atomic mass is 10.0. The van der Waals surface area contributed by atoms with Crippen molar-refractivity contribution in [3.63, 3.8) is 0 Å². The summed E-state index contributed by atoms with van der Waals surface area (Å²) in [7, 11) is 1.28. The van der Waals surface area contributed by atoms with Crippen molar-refractivity contribution in [2.75, 3.05) is 7.11 Å². The summed E-state index contributed by atoms with van der Waals surface area (Å²) in [4.78, 5) is 37.6. The maximum absolute atomic E-state index is 13.0. The molecule has 7 nitrogen and oxygen atoms in total. The maximum Gasteiger partial charge on any atom is 0.408 e. The van der Waals surface area contributed by atoms with Crippen LogP contribution in [0, 0.1) is 12.8 Å². The number of aryl methyl sites for hydroxylation is 1. The van der Waals surface area contributed by atoms with Crippen molar-refractivity contribution in [3.05, 3.63) is 71.3 Å². The fourth-order valence-corrected chi connectivity index (χ4v) is 3.18. The van der Waals surface area contributed by atoms with Crippen molar-refractivity contribution in [2.24, 2.45) is 5.92 Å². The Hall–Kier alpha value is -3.35. The van der Waals surface area contributed by atoms with Gasteiger partial charge in [0.2, 0.25) is 5.91 Å². The summed E-state index contributed by atoms with van der Waals surface area (Å²) in [5.74, 6) is -0.874. The molecule has 2 N–H and O–H groups in total. The minimum Gasteiger partial charge on any atom is -0.467 e. The standard InChI is InChI=1S/C25H32N2O5/c1-17(2)14-21(27-25(30)32-16-20-8-6-5-7-9-20)23(28)26-22(24(29)31-4)15-19-12-10-18(3)11-13-19/h5-13,17,21-22H,14-16H2,1-4H3,(H,26,28)(H,27,30)/t21-,22+/m0/s1. The van der Waals surface area contributed by atoms with Crippen LogP contribution in [0.4, 0.5) is 4.79 Å². The third kappa shape index (κ3) is 8.41. The van der Waals surface area contributed by atoms with E-state index in [9.17, 15) is 14.4 Å². The highest BCUT2D eigenvalue weighted by Crippen LogP contribution is 2.10. The van der Waals surface area contributed by atoms with Gasteiger partial charge in [-0.25, -0.2) is 9.59 Å². The van der Waals surface area contributed by atoms with Crippen LogP contribution in [-0.4, -0.2) is 37.2 Å². The molecule has 2 atom stereocenters. The van der Waals surface area contributed by atoms with Crippen LogP contribution in [0.1, 0.15) is 37.0 Å². The third-order valence-electron chi connectivity index (χ3n) is 4.89. The molecule has 0 heterocycles. The molecule has 0 unspecified atom stereocenters. The Labute approximate surface area is 189 Å². The zero-order valence-electron chi connectivity index (χ0n) is 19.1. The number of carbonyl (C=O) groups excluding carboxylic acids is 3. The topological polar surface area (TPSA) is 93.7 Å². The van der Waals surface area contributed by atoms with Gasteiger partial charge >= 0.3 is 12.1 Å². The number of carbonyl (C=O) groups is 3. The zero-order chi connectivity index (χ0) is 23.5. The normalized spacial score (nSPS) is 12.5. The van der Waals surface area contributed by atoms with Gasteiger partial charge in [0.1, 0.15) is 18.7 Å². The Morgan fingerprint density at radius 3 is 2.12 bits per heavy atom. The first kappa shape index (κ1) is 24.9. The van der Waals surface area contributed by atoms with Crippen LogP contribution in [-0.2, 0) is 32.1 Å². The van der Waals surface area contributed by atoms with E-state index < -0.39 is 30.1 Å². The number of benzene rings is 2. The van der Waals surface area contributed by atoms with Gasteiger partial charge < -0.3 is 20.1 Å². The molecule has 0 aliphatic rings. The Balaban J connectivity index is 2.03. The highest BCUT2D eigenvalue weighted by atomic mass is 16.5. The average Bonchev–Trinajstić information content (AvgIpc) is 2.78. The molecule has 0 fully saturated rings. The number of alkyl carbamates (subject to hydrolysis) is 1. The lowest BCUT2D eigenvalue weighted by molar-refractivity contribution is -0.145. The minimum absolute atomic E-state index is 0.0981. The van der Waals surface area contributed by atoms with Crippen LogP contribution in [0.2, 0.25) is 0 Å². The first-order chi connectivity index (χ1) is 15.3. The van der Waals surface area contributed by atoms with E-state index >= 15 is 0 Å². The third-order valence-corrected chi connectivity index (χ3v) is 4.89. The summed E-state index contributed by atoms with van der Waals surface area (Å²) >= 11 is 0. The Bertz CT molecular complexity index is 881. The van der Waals surface area contributed by atoms with Crippen LogP contribution >= 0.6 is 0 Å². The predicted octanol–water partition coefficient (Wildman–Crippen LogP) is 3.54. The molecule has 2 aromatic carbocycles. The summed E-state index contributed by atoms with van der Waals surface area (Å²) in [6, 6.07) is 15.3. The summed E-state index contributed by atoms with van der Waals surface area (Å²) in [5, 5.41) is 5.36. The lowest BCUT2D eigenvalue weighted by Crippen LogP contribution is -2.53. The number of hydrogen-bond acceptors (Lipinski definition) is 5. The zero-order valence-corrected chi connectivity index (χ0v) is 19.1. The highest BCUT2D eigenvalue weighted by molar-refractivity contribution is 5.89. The minimum atomic E-state index is -0.869. The molecule has 0 bridgehead atoms. The van der Waals surface area contributed by atoms with E-state index in [0.29, 0.717) is 6.42 Å². The summed E-state index contributed by atoms with van der Waals surface area (Å²) in [6.07, 6.45) is -0.0150. The first-order valence-corrected chi connectivity index (χ1v) is 10.7. The highest BCUT2D eigenvalue weighted by Gasteiger charge is 2.28. The Morgan fingerprint density at radius 1 is 0.875 bits per heavy atom. The van der Waals surface area contributed by atoms with Gasteiger partial charge in [-0.3, -0.25) is 4.79 Å². The van der Waals surface area contributed by atoms with Gasteiger partial charge in [-0.15, -0.1) is 0 Å². The average molecular weight is 441 g/mol. The second-order valence-corrected chi connectivity index (χ2v) is 8.16. The number of esters is 1. The molecule has 0 saturated carbocycles. The summed E-state index contributed by atoms with van der Waals surface area (Å²) in [6.45, 7) is 5.96. The summed E-state index contributed by atoms with van der Waals surface area (Å²) in [5.41, 5.74) is 2.83. The fraction of sp³-hybridized carbons (Fsp3) is 0.400. The number of methoxy groups -OCH3 is 1. The molecule has 2 rings (SSSR count). The Morgan fingerprint density at radius 2 is 1.53 bits per heavy atom. The van der Waals surface area contributed by atoms with E-state index in [1.165, 1.54) is 7.11 Å². The molecule has 7 heteroatoms. The van der Waals surface area contributed by atoms with E-state index in [2.05, 4.69) is 10.6 Å². The van der Waals surface area contributed by atoms with E-state index in [1.807, 2.05) is 75.4 Å². The molecule has 0 aliphatic carbocycles. The molecule has 0 aromatic heterocycles. The van der Waals surface area contributed by atoms with Crippen LogP contribution in [0.15, 0.2) is 54.6 Å². The van der Waals surface area contributed by atoms with Gasteiger partial charge in [0.15, 0.2) is 0 Å². The monoisotopic (exact) mass is 440 g/mol. The number of rotatable bonds is 10. The molecule has 32 heavy (non-hydrogen) atoms. The lowest BCUT2D eigenvalue weighted by Gasteiger charge is -2.23. The molecule has 2 aromatic rings. The number of nitrogens with one attached hydrogen (secondary N) is 2. The predicted molar refractivity (Wildman–Crippen MR) is 122 cm³/mol. The number of amides is 2. The van der Waals surface area contributed by atoms with Gasteiger partial charge in [0.05, 0.1) is 7.11 Å². The van der Waals surface area contributed by atoms with Gasteiger partial charge in [-0.2, -0.15) is 0 Å². The number of ether oxygens (including phenoxy) is 2. The van der Waals surface area contributed by atoms with Crippen molar-refractivity contribution in [3.8, 4) is 0 Å². The molecule has 0 radical (unpaired) electrons. The fourth-order valence-electron chi connectivity index (χ4n) is 3.18. The van der Waals surface area contributed by atoms with E-state index in [0.717, 1.165) is 16.7 Å². The van der Waals surface area contributed by atoms with Crippen molar-refractivity contribution in [1.29, 1.82) is 0 Å². The smallest absolute Gasteiger partial charge is 0.408 e. The van der Waals surface area contributed by atoms with Crippen LogP contribution in [0.5, 0.6) is 0 Å². The van der Waals surface area contributed by atoms with Gasteiger partial charge in [-0.1, -0.05) is 74.0 Å². The van der Waals surface area contributed by atoms with Gasteiger partial charge in [0.25, 0.3) is 0 Å². The SMILES string of the molecule is COC(=O)[C@@H](Cc1ccc(C)cc1)NC(=O)[C@H](CC(C)C)NC(=O)OCc1ccccc1. The van der Waals surface area contributed by atoms with Gasteiger partial charge in [-0.05, 0) is 30.4 Å². The molecule has 0 aliphatic heterocycles. The molecular formula is C25H32N2O5. The second-order valence-electron chi connectivity index (χ2n) is 8.16. The van der Waals surface area contributed by atoms with Crippen molar-refractivity contribution in [1.82, 2.24) is 10.6 Å². The van der Waals surface area contributed by atoms with E-state index in [4.69, 9.17) is 9.47 Å². The Kier molecular flexibility index (Phi) is 9.73. The van der Waals surface area contributed by atoms with Crippen molar-refractivity contribution < 1.29 is 23.9 Å². The quantitative estimate of drug-likeness (QED) is 0.551. The largest absolute Gasteiger partial charge is 0.467 e. The van der Waals surface area contributed by atoms with Crippen molar-refractivity contribution in [2.45, 2.75) is 52.3 Å². The number of hydrogen-bond donors (Lipinski definition) is 2. The summed E-state index contributed by atoms with van der Waals surface area (Å²) < 4.78 is 10.1. The molecule has 172 valence electrons. The molecular weight excluding hydrogens is 408 g/mol. The van der Waals surface area contributed by atoms with E-state index in [-0.39, 0.29) is 18.9 Å².